The Morgan fingerprint density at radius 2 is 0.290 bits per heavy atom. The van der Waals surface area contributed by atoms with Gasteiger partial charge in [-0.3, -0.25) is 0 Å². The lowest BCUT2D eigenvalue weighted by Crippen LogP contribution is -2.94. The van der Waals surface area contributed by atoms with E-state index < -0.39 is 211 Å². The zero-order valence-corrected chi connectivity index (χ0v) is 39.8. The maximum Gasteiger partial charge on any atom is 0 e. The summed E-state index contributed by atoms with van der Waals surface area (Å²) in [7, 11) is 233. The van der Waals surface area contributed by atoms with Gasteiger partial charge in [-0.2, -0.15) is 0 Å². The first kappa shape index (κ1) is 73.5. The third-order valence-corrected chi connectivity index (χ3v) is 14.2. The van der Waals surface area contributed by atoms with E-state index in [2.05, 4.69) is 0 Å². The molecule has 0 saturated heterocycles. The van der Waals surface area contributed by atoms with Crippen molar-refractivity contribution in [1.29, 1.82) is 0 Å². The van der Waals surface area contributed by atoms with Gasteiger partial charge < -0.3 is 7.74 Å². The molecule has 69 heavy (non-hydrogen) atoms. The van der Waals surface area contributed by atoms with Gasteiger partial charge in [-0.05, 0) is 300 Å². The number of hydrogen-bond donors (Lipinski definition) is 0. The second kappa shape index (κ2) is 33.9. The van der Waals surface area contributed by atoms with Crippen LogP contribution in [0.2, 0.25) is 0 Å². The van der Waals surface area contributed by atoms with Gasteiger partial charge in [-0.25, -0.2) is 6.39 Å². The SMILES string of the molecule is [B]B([B])B(B([B])[B])B(B([B])B([B])[B-])B(B([B]B(B(B(B([B])[B])B([B])[B])B(B([B])[B])B([B])[B])B(B(B([B])[B])B([B])[B])B(B([B])[B])B([B])[B])B(B(B([B])[B])B([B])[B])B(B([B])[B])B([B])[B])B(B([B])[B])B([B])[B]. The molecular weight excluding hydrogens is 746 g/mol. The van der Waals surface area contributed by atoms with Gasteiger partial charge in [0.05, 0.1) is 0 Å². The van der Waals surface area contributed by atoms with Crippen molar-refractivity contribution in [1.82, 2.24) is 0 Å². The van der Waals surface area contributed by atoms with Gasteiger partial charge in [0.15, 0.2) is 0 Å². The van der Waals surface area contributed by atoms with Crippen LogP contribution in [0.1, 0.15) is 0 Å². The van der Waals surface area contributed by atoms with Gasteiger partial charge in [-0.1, -0.05) is 0 Å². The van der Waals surface area contributed by atoms with Gasteiger partial charge in [0.2, 0.25) is 0 Å². The summed E-state index contributed by atoms with van der Waals surface area (Å²) < 4.78 is 0. The Hall–Kier alpha value is 4.48. The van der Waals surface area contributed by atoms with Crippen LogP contribution in [0.25, 0.3) is 0 Å². The van der Waals surface area contributed by atoms with E-state index in [-0.39, 0.29) is 0 Å². The Balaban J connectivity index is 10.8. The first-order valence-corrected chi connectivity index (χ1v) is 22.7. The summed E-state index contributed by atoms with van der Waals surface area (Å²) in [6.07, 6.45) is -47.5. The molecule has 0 atom stereocenters. The minimum Gasteiger partial charge on any atom is -0.687 e. The highest BCUT2D eigenvalue weighted by molar-refractivity contribution is 8.35. The van der Waals surface area contributed by atoms with Gasteiger partial charge in [0.1, 0.15) is 0 Å². The van der Waals surface area contributed by atoms with E-state index in [1.54, 1.807) is 7.06 Å². The average Bonchev–Trinajstić information content (AvgIpc) is 3.13. The van der Waals surface area contributed by atoms with Crippen molar-refractivity contribution in [3.05, 3.63) is 0 Å². The quantitative estimate of drug-likeness (QED) is 0.0587. The van der Waals surface area contributed by atoms with Crippen LogP contribution in [0.5, 0.6) is 0 Å². The van der Waals surface area contributed by atoms with E-state index >= 15 is 0 Å². The maximum absolute atomic E-state index is 7.06. The molecule has 0 aromatic rings. The van der Waals surface area contributed by atoms with Crippen molar-refractivity contribution in [3.8, 4) is 0 Å². The van der Waals surface area contributed by atoms with E-state index in [1.165, 1.54) is 0 Å². The summed E-state index contributed by atoms with van der Waals surface area (Å²) in [5.41, 5.74) is 0. The third kappa shape index (κ3) is 20.5. The molecule has 208 valence electrons. The summed E-state index contributed by atoms with van der Waals surface area (Å²) in [4.78, 5) is 0. The second-order valence-corrected chi connectivity index (χ2v) is 19.2. The van der Waals surface area contributed by atoms with E-state index in [0.717, 1.165) is 0 Å². The zero-order valence-electron chi connectivity index (χ0n) is 39.8. The average molecular weight is 746 g/mol. The minimum absolute atomic E-state index is 1.31. The van der Waals surface area contributed by atoms with Crippen molar-refractivity contribution in [2.24, 2.45) is 0 Å². The summed E-state index contributed by atoms with van der Waals surface area (Å²) in [6, 6.07) is 0. The molecule has 0 N–H and O–H groups in total. The summed E-state index contributed by atoms with van der Waals surface area (Å²) >= 11 is 0. The summed E-state index contributed by atoms with van der Waals surface area (Å²) in [5.74, 6) is 0. The van der Waals surface area contributed by atoms with Crippen LogP contribution in [0.3, 0.4) is 0 Å². The van der Waals surface area contributed by atoms with Crippen LogP contribution in [0.15, 0.2) is 0 Å². The lowest BCUT2D eigenvalue weighted by molar-refractivity contribution is 3.20. The standard InChI is InChI=1S/B69/c1-37(2)54(35)65(57(38(3)4)39(5)6)69(64(52(31)32)53(33)34)56(68(62(48(23)24)49(25)26)63(50(27)28)51(29)30)36-55(66(58(40(7)8)41(9)10)59(42(11)12)43(13)14)67(60(44(15)16)45(17)18)61(46(19)20)47(21)22/q-1. The molecule has 0 aliphatic heterocycles. The van der Waals surface area contributed by atoms with Crippen molar-refractivity contribution < 1.29 is 0 Å². The monoisotopic (exact) mass is 760 g/mol. The van der Waals surface area contributed by atoms with Crippen LogP contribution >= 0.6 is 0 Å². The van der Waals surface area contributed by atoms with Gasteiger partial charge in [-0.15, -0.1) is 0 Å². The molecule has 0 nitrogen and oxygen atoms in total. The van der Waals surface area contributed by atoms with E-state index in [0.29, 0.717) is 0 Å². The molecule has 0 unspecified atom stereocenters. The van der Waals surface area contributed by atoms with Crippen molar-refractivity contribution in [2.75, 3.05) is 0 Å². The maximum atomic E-state index is 7.06. The molecule has 0 amide bonds. The summed E-state index contributed by atoms with van der Waals surface area (Å²) in [6.45, 7) is 0. The highest BCUT2D eigenvalue weighted by Crippen LogP contribution is 2.22. The highest BCUT2D eigenvalue weighted by atomic mass is 13.4. The first-order valence-electron chi connectivity index (χ1n) is 22.7. The normalized spacial score (nSPS) is 9.75. The van der Waals surface area contributed by atoms with Gasteiger partial charge in [0, 0.05) is 175 Å². The van der Waals surface area contributed by atoms with Crippen LogP contribution in [-0.2, 0) is 0 Å². The van der Waals surface area contributed by atoms with Gasteiger partial charge in [0.25, 0.3) is 0 Å². The Morgan fingerprint density at radius 1 is 0.174 bits per heavy atom. The fourth-order valence-corrected chi connectivity index (χ4v) is 11.5. The largest absolute Gasteiger partial charge is 0.687 e. The third-order valence-electron chi connectivity index (χ3n) is 14.2. The smallest absolute Gasteiger partial charge is 0 e. The first-order chi connectivity index (χ1) is 31.4. The topological polar surface area (TPSA) is 0 Å². The molecule has 72 radical (unpaired) electrons. The van der Waals surface area contributed by atoms with Crippen LogP contribution in [-0.4, -0.2) is 489 Å². The molecule has 69 heteroatoms. The Morgan fingerprint density at radius 3 is 0.406 bits per heavy atom. The van der Waals surface area contributed by atoms with Crippen LogP contribution < -0.4 is 0 Å². The van der Waals surface area contributed by atoms with E-state index in [9.17, 15) is 0 Å². The van der Waals surface area contributed by atoms with E-state index in [4.69, 9.17) is 271 Å². The molecular formula is B69-. The predicted molar refractivity (Wildman–Crippen MR) is 397 cm³/mol. The Kier molecular flexibility index (Phi) is 36.1. The molecule has 0 saturated carbocycles. The molecule has 0 aliphatic carbocycles. The molecule has 0 aromatic heterocycles. The zero-order chi connectivity index (χ0) is 54.8. The fourth-order valence-electron chi connectivity index (χ4n) is 11.5. The molecule has 0 spiro atoms. The minimum atomic E-state index is -1.54. The van der Waals surface area contributed by atoms with Crippen LogP contribution in [0.4, 0.5) is 0 Å². The van der Waals surface area contributed by atoms with E-state index in [1.807, 2.05) is 0 Å². The number of hydrogen-bond acceptors (Lipinski definition) is 0. The molecule has 0 bridgehead atoms. The van der Waals surface area contributed by atoms with Crippen molar-refractivity contribution in [2.45, 2.75) is 0 Å². The number of rotatable bonds is 33. The molecule has 0 rings (SSSR count). The molecule has 0 aromatic carbocycles. The summed E-state index contributed by atoms with van der Waals surface area (Å²) in [5, 5.41) is 0. The molecule has 0 heterocycles. The molecule has 0 fully saturated rings. The fraction of sp³-hybridized carbons (Fsp3) is 0. The van der Waals surface area contributed by atoms with Crippen molar-refractivity contribution >= 4 is 489 Å². The highest BCUT2D eigenvalue weighted by Gasteiger charge is 2.59. The lowest BCUT2D eigenvalue weighted by atomic mass is 8.26. The molecule has 0 aliphatic rings. The Bertz CT molecular complexity index is 1130. The van der Waals surface area contributed by atoms with Crippen LogP contribution in [0, 0.1) is 0 Å². The predicted octanol–water partition coefficient (Wildman–Crippen LogP) is -26.3. The van der Waals surface area contributed by atoms with Crippen molar-refractivity contribution in [3.63, 3.8) is 0 Å². The lowest BCUT2D eigenvalue weighted by Gasteiger charge is -2.56. The van der Waals surface area contributed by atoms with Gasteiger partial charge >= 0.3 is 0 Å². The Labute approximate surface area is 484 Å². The second-order valence-electron chi connectivity index (χ2n) is 19.2.